The van der Waals surface area contributed by atoms with Crippen LogP contribution in [0.1, 0.15) is 179 Å². The van der Waals surface area contributed by atoms with Gasteiger partial charge in [0.15, 0.2) is 33.3 Å². The Morgan fingerprint density at radius 2 is 0.655 bits per heavy atom. The summed E-state index contributed by atoms with van der Waals surface area (Å²) in [5.41, 5.74) is 0. The molecule has 0 aromatic heterocycles. The van der Waals surface area contributed by atoms with E-state index in [2.05, 4.69) is 153 Å². The van der Waals surface area contributed by atoms with E-state index >= 15 is 0 Å². The van der Waals surface area contributed by atoms with Crippen LogP contribution in [0.5, 0.6) is 0 Å². The van der Waals surface area contributed by atoms with Gasteiger partial charge in [0.1, 0.15) is 18.2 Å². The third-order valence-electron chi connectivity index (χ3n) is 14.8. The van der Waals surface area contributed by atoms with Gasteiger partial charge in [0.25, 0.3) is 11.8 Å². The number of imide groups is 1. The van der Waals surface area contributed by atoms with Crippen LogP contribution in [0.2, 0.25) is 72.5 Å². The van der Waals surface area contributed by atoms with Gasteiger partial charge in [-0.3, -0.25) is 19.3 Å². The van der Waals surface area contributed by atoms with E-state index < -0.39 is 57.0 Å². The summed E-state index contributed by atoms with van der Waals surface area (Å²) in [5.74, 6) is -0.697. The summed E-state index contributed by atoms with van der Waals surface area (Å²) in [6.45, 7) is 54.9. The fourth-order valence-corrected chi connectivity index (χ4v) is 9.79. The van der Waals surface area contributed by atoms with Crippen molar-refractivity contribution in [1.82, 2.24) is 10.2 Å². The minimum Gasteiger partial charge on any atom is -0.414 e. The van der Waals surface area contributed by atoms with Crippen molar-refractivity contribution >= 4 is 63.6 Å². The zero-order valence-electron chi connectivity index (χ0n) is 51.0. The van der Waals surface area contributed by atoms with E-state index in [1.165, 1.54) is 6.92 Å². The molecule has 3 amide bonds. The largest absolute Gasteiger partial charge is 0.414 e. The molecule has 0 bridgehead atoms. The number of nitrogens with zero attached hydrogens (tertiary/aromatic N) is 1. The van der Waals surface area contributed by atoms with E-state index in [1.807, 2.05) is 0 Å². The molecule has 0 spiro atoms. The van der Waals surface area contributed by atoms with Crippen molar-refractivity contribution in [3.63, 3.8) is 0 Å². The van der Waals surface area contributed by atoms with Crippen LogP contribution in [0.4, 0.5) is 0 Å². The Balaban J connectivity index is -0.000000104. The number of hydrogen-bond donors (Lipinski definition) is 2. The molecule has 1 heterocycles. The predicted octanol–water partition coefficient (Wildman–Crippen LogP) is 16.9. The van der Waals surface area contributed by atoms with Crippen molar-refractivity contribution in [1.29, 1.82) is 0 Å². The first kappa shape index (κ1) is 117. The van der Waals surface area contributed by atoms with Gasteiger partial charge in [-0.15, -0.1) is 0 Å². The van der Waals surface area contributed by atoms with E-state index in [9.17, 15) is 14.4 Å². The Morgan fingerprint density at radius 3 is 0.897 bits per heavy atom. The molecule has 1 N–H and O–H groups in total. The average molecular weight is 1350 g/mol. The quantitative estimate of drug-likeness (QED) is 0.0257. The molecule has 1 aliphatic heterocycles. The maximum absolute atomic E-state index is 12.3. The van der Waals surface area contributed by atoms with Crippen LogP contribution in [0.25, 0.3) is 0 Å². The standard InChI is InChI=1S/C30H58N2O9Si2.C23H52O6SSi2.12CH4/c1-24(32-26(33)12-13-27(32)34)28(35)31-14-15-36-16-19-39-25(22-37-17-20-40-42(8,9)29(2,3)4)23-38-18-21-41-43(10,11)30(5,6)7;1-22(2,3)31(7,8)28-15-12-25-19-21(27-14-11-24-17-18-30)20-26-13-16-29-32(9,10)23(4,5)6;;;;;;;;;;;;/h12-13,24-25H,14-23H2,1-11H3,(H,31,35);21,30H,11-20H2,1-10H3;12*1H4. The molecule has 1 rings (SSSR count). The van der Waals surface area contributed by atoms with Crippen LogP contribution >= 0.6 is 12.6 Å². The second-order valence-electron chi connectivity index (χ2n) is 25.0. The zero-order chi connectivity index (χ0) is 57.8. The summed E-state index contributed by atoms with van der Waals surface area (Å²) >= 11 is 4.15. The topological polar surface area (TPSA) is 177 Å². The van der Waals surface area contributed by atoms with Crippen molar-refractivity contribution < 1.29 is 70.0 Å². The normalized spacial score (nSPS) is 12.8. The third kappa shape index (κ3) is 49.4. The lowest BCUT2D eigenvalue weighted by atomic mass is 10.2. The summed E-state index contributed by atoms with van der Waals surface area (Å²) < 4.78 is 71.2. The lowest BCUT2D eigenvalue weighted by molar-refractivity contribution is -0.144. The first-order valence-electron chi connectivity index (χ1n) is 27.1. The molecule has 0 radical (unpaired) electrons. The summed E-state index contributed by atoms with van der Waals surface area (Å²) in [6, 6.07) is -0.890. The van der Waals surface area contributed by atoms with Crippen molar-refractivity contribution in [2.45, 2.75) is 270 Å². The van der Waals surface area contributed by atoms with E-state index in [4.69, 9.17) is 55.6 Å². The molecule has 17 nitrogen and oxygen atoms in total. The van der Waals surface area contributed by atoms with Crippen molar-refractivity contribution in [2.75, 3.05) is 131 Å². The molecule has 0 aromatic carbocycles. The summed E-state index contributed by atoms with van der Waals surface area (Å²) in [4.78, 5) is 36.7. The Hall–Kier alpha value is -0.912. The Morgan fingerprint density at radius 1 is 0.414 bits per heavy atom. The molecule has 1 atom stereocenters. The Kier molecular flexibility index (Phi) is 75.9. The molecule has 540 valence electrons. The van der Waals surface area contributed by atoms with Crippen LogP contribution in [-0.2, 0) is 70.0 Å². The lowest BCUT2D eigenvalue weighted by Gasteiger charge is -2.36. The molecular formula is C65H158N2O15SSi4. The number of carbonyl (C=O) groups is 3. The number of ether oxygens (including phenoxy) is 8. The summed E-state index contributed by atoms with van der Waals surface area (Å²) in [5, 5.41) is 3.37. The van der Waals surface area contributed by atoms with Gasteiger partial charge < -0.3 is 60.9 Å². The summed E-state index contributed by atoms with van der Waals surface area (Å²) in [7, 11) is -7.15. The molecular weight excluding hydrogens is 1190 g/mol. The van der Waals surface area contributed by atoms with Gasteiger partial charge in [-0.25, -0.2) is 0 Å². The fourth-order valence-electron chi connectivity index (χ4n) is 5.56. The van der Waals surface area contributed by atoms with Crippen LogP contribution in [0.15, 0.2) is 12.2 Å². The highest BCUT2D eigenvalue weighted by atomic mass is 32.1. The first-order chi connectivity index (χ1) is 34.4. The smallest absolute Gasteiger partial charge is 0.254 e. The molecule has 0 aliphatic carbocycles. The van der Waals surface area contributed by atoms with E-state index in [0.29, 0.717) is 118 Å². The molecule has 0 saturated carbocycles. The highest BCUT2D eigenvalue weighted by molar-refractivity contribution is 7.80. The number of amides is 3. The SMILES string of the molecule is C.C.C.C.C.C.C.C.C.C.C.C.CC(C(=O)NCCOCCOC(COCCO[Si](C)(C)C(C)(C)C)COCCO[Si](C)(C)C(C)(C)C)N1C(=O)C=CC1=O.CC(C)(C)[Si](C)(C)OCCOCC(COCCO[Si](C)(C)C(C)(C)C)OCCOCCS. The van der Waals surface area contributed by atoms with Gasteiger partial charge >= 0.3 is 0 Å². The predicted molar refractivity (Wildman–Crippen MR) is 395 cm³/mol. The number of thiol groups is 1. The van der Waals surface area contributed by atoms with E-state index in [0.717, 1.165) is 17.1 Å². The molecule has 22 heteroatoms. The van der Waals surface area contributed by atoms with Gasteiger partial charge in [0.05, 0.1) is 119 Å². The minimum atomic E-state index is -1.83. The van der Waals surface area contributed by atoms with Crippen LogP contribution in [-0.4, -0.2) is 205 Å². The highest BCUT2D eigenvalue weighted by Crippen LogP contribution is 2.39. The maximum Gasteiger partial charge on any atom is 0.254 e. The zero-order valence-corrected chi connectivity index (χ0v) is 55.9. The van der Waals surface area contributed by atoms with Crippen LogP contribution in [0.3, 0.4) is 0 Å². The van der Waals surface area contributed by atoms with Crippen LogP contribution in [0, 0.1) is 0 Å². The first-order valence-corrected chi connectivity index (χ1v) is 39.4. The fraction of sp³-hybridized carbons (Fsp3) is 0.923. The molecule has 0 saturated heterocycles. The van der Waals surface area contributed by atoms with Gasteiger partial charge in [-0.1, -0.05) is 172 Å². The second-order valence-corrected chi connectivity index (χ2v) is 44.7. The van der Waals surface area contributed by atoms with Gasteiger partial charge in [-0.2, -0.15) is 12.6 Å². The maximum atomic E-state index is 12.3. The molecule has 1 unspecified atom stereocenters. The number of rotatable bonds is 39. The van der Waals surface area contributed by atoms with Crippen molar-refractivity contribution in [2.24, 2.45) is 0 Å². The molecule has 0 aromatic rings. The lowest BCUT2D eigenvalue weighted by Crippen LogP contribution is -2.48. The molecule has 1 aliphatic rings. The van der Waals surface area contributed by atoms with E-state index in [-0.39, 0.29) is 135 Å². The highest BCUT2D eigenvalue weighted by Gasteiger charge is 2.40. The Bertz CT molecular complexity index is 1530. The Labute approximate surface area is 554 Å². The van der Waals surface area contributed by atoms with Crippen LogP contribution < -0.4 is 5.32 Å². The second kappa shape index (κ2) is 56.6. The summed E-state index contributed by atoms with van der Waals surface area (Å²) in [6.07, 6.45) is 1.89. The number of hydrogen-bond acceptors (Lipinski definition) is 16. The van der Waals surface area contributed by atoms with Gasteiger partial charge in [0, 0.05) is 24.4 Å². The monoisotopic (exact) mass is 1350 g/mol. The van der Waals surface area contributed by atoms with E-state index in [1.54, 1.807) is 0 Å². The third-order valence-corrected chi connectivity index (χ3v) is 33.1. The minimum absolute atomic E-state index is 0. The average Bonchev–Trinajstić information content (AvgIpc) is 3.62. The molecule has 0 fully saturated rings. The van der Waals surface area contributed by atoms with Crippen molar-refractivity contribution in [3.8, 4) is 0 Å². The number of carbonyl (C=O) groups excluding carboxylic acids is 3. The van der Waals surface area contributed by atoms with Gasteiger partial charge in [-0.05, 0) is 79.5 Å². The molecule has 87 heavy (non-hydrogen) atoms. The van der Waals surface area contributed by atoms with Gasteiger partial charge in [0.2, 0.25) is 5.91 Å². The van der Waals surface area contributed by atoms with Crippen molar-refractivity contribution in [3.05, 3.63) is 12.2 Å². The number of nitrogens with one attached hydrogen (secondary N) is 1.